The predicted molar refractivity (Wildman–Crippen MR) is 94.6 cm³/mol. The van der Waals surface area contributed by atoms with Crippen molar-refractivity contribution >= 4 is 6.09 Å². The van der Waals surface area contributed by atoms with E-state index in [1.807, 2.05) is 32.7 Å². The zero-order valence-electron chi connectivity index (χ0n) is 15.7. The van der Waals surface area contributed by atoms with Crippen LogP contribution in [0, 0.1) is 5.92 Å². The van der Waals surface area contributed by atoms with Crippen molar-refractivity contribution in [1.82, 2.24) is 10.2 Å². The third-order valence-corrected chi connectivity index (χ3v) is 5.33. The molecule has 2 saturated carbocycles. The molecule has 1 amide bonds. The van der Waals surface area contributed by atoms with E-state index in [4.69, 9.17) is 4.74 Å². The first-order valence-electron chi connectivity index (χ1n) is 9.46. The summed E-state index contributed by atoms with van der Waals surface area (Å²) in [5.74, 6) is 0.871. The highest BCUT2D eigenvalue weighted by Gasteiger charge is 2.30. The summed E-state index contributed by atoms with van der Waals surface area (Å²) in [4.78, 5) is 14.0. The van der Waals surface area contributed by atoms with Gasteiger partial charge < -0.3 is 15.0 Å². The lowest BCUT2D eigenvalue weighted by molar-refractivity contribution is 0.0177. The fourth-order valence-corrected chi connectivity index (χ4v) is 4.03. The number of hydrogen-bond donors (Lipinski definition) is 1. The molecular weight excluding hydrogens is 288 g/mol. The van der Waals surface area contributed by atoms with Crippen LogP contribution in [0.4, 0.5) is 4.79 Å². The Morgan fingerprint density at radius 3 is 2.26 bits per heavy atom. The fourth-order valence-electron chi connectivity index (χ4n) is 4.03. The van der Waals surface area contributed by atoms with Gasteiger partial charge in [-0.05, 0) is 65.2 Å². The van der Waals surface area contributed by atoms with Gasteiger partial charge in [0.2, 0.25) is 0 Å². The zero-order chi connectivity index (χ0) is 17.0. The van der Waals surface area contributed by atoms with E-state index in [2.05, 4.69) is 12.2 Å². The molecule has 23 heavy (non-hydrogen) atoms. The highest BCUT2D eigenvalue weighted by molar-refractivity contribution is 5.68. The lowest BCUT2D eigenvalue weighted by Gasteiger charge is -2.38. The summed E-state index contributed by atoms with van der Waals surface area (Å²) >= 11 is 0. The van der Waals surface area contributed by atoms with Gasteiger partial charge in [-0.2, -0.15) is 0 Å². The Labute approximate surface area is 142 Å². The lowest BCUT2D eigenvalue weighted by atomic mass is 9.85. The summed E-state index contributed by atoms with van der Waals surface area (Å²) in [6.45, 7) is 8.14. The van der Waals surface area contributed by atoms with Crippen LogP contribution in [0.25, 0.3) is 0 Å². The molecule has 0 aliphatic heterocycles. The van der Waals surface area contributed by atoms with Crippen molar-refractivity contribution in [1.29, 1.82) is 0 Å². The molecule has 0 saturated heterocycles. The van der Waals surface area contributed by atoms with Crippen molar-refractivity contribution in [2.45, 2.75) is 103 Å². The van der Waals surface area contributed by atoms with Gasteiger partial charge in [-0.15, -0.1) is 0 Å². The Morgan fingerprint density at radius 2 is 1.70 bits per heavy atom. The molecule has 2 rings (SSSR count). The van der Waals surface area contributed by atoms with Crippen LogP contribution in [-0.2, 0) is 4.74 Å². The molecular formula is C19H36N2O2. The summed E-state index contributed by atoms with van der Waals surface area (Å²) < 4.78 is 5.48. The molecule has 0 aromatic rings. The molecule has 1 N–H and O–H groups in total. The Bertz CT molecular complexity index is 383. The van der Waals surface area contributed by atoms with Crippen LogP contribution >= 0.6 is 0 Å². The van der Waals surface area contributed by atoms with Crippen LogP contribution in [0.2, 0.25) is 0 Å². The number of hydrogen-bond acceptors (Lipinski definition) is 3. The number of nitrogens with one attached hydrogen (secondary N) is 1. The third-order valence-electron chi connectivity index (χ3n) is 5.33. The number of ether oxygens (including phenoxy) is 1. The van der Waals surface area contributed by atoms with E-state index in [9.17, 15) is 4.79 Å². The van der Waals surface area contributed by atoms with Gasteiger partial charge >= 0.3 is 6.09 Å². The minimum atomic E-state index is -0.415. The number of carbonyl (C=O) groups excluding carboxylic acids is 1. The van der Waals surface area contributed by atoms with E-state index < -0.39 is 5.60 Å². The molecule has 0 aromatic heterocycles. The zero-order valence-corrected chi connectivity index (χ0v) is 15.7. The predicted octanol–water partition coefficient (Wildman–Crippen LogP) is 4.33. The summed E-state index contributed by atoms with van der Waals surface area (Å²) in [7, 11) is 1.88. The Hall–Kier alpha value is -0.770. The van der Waals surface area contributed by atoms with E-state index >= 15 is 0 Å². The van der Waals surface area contributed by atoms with Gasteiger partial charge in [0.05, 0.1) is 0 Å². The summed E-state index contributed by atoms with van der Waals surface area (Å²) in [6.07, 6.45) is 9.74. The average molecular weight is 325 g/mol. The smallest absolute Gasteiger partial charge is 0.410 e. The maximum absolute atomic E-state index is 12.2. The second kappa shape index (κ2) is 7.87. The van der Waals surface area contributed by atoms with Crippen LogP contribution in [0.1, 0.15) is 79.1 Å². The first-order valence-corrected chi connectivity index (χ1v) is 9.46. The Kier molecular flexibility index (Phi) is 6.35. The number of amides is 1. The minimum Gasteiger partial charge on any atom is -0.444 e. The van der Waals surface area contributed by atoms with E-state index in [1.54, 1.807) is 0 Å². The molecule has 0 heterocycles. The van der Waals surface area contributed by atoms with E-state index in [0.717, 1.165) is 18.8 Å². The molecule has 2 aliphatic rings. The van der Waals surface area contributed by atoms with E-state index in [-0.39, 0.29) is 6.09 Å². The topological polar surface area (TPSA) is 41.6 Å². The molecule has 4 nitrogen and oxygen atoms in total. The lowest BCUT2D eigenvalue weighted by Crippen LogP contribution is -2.47. The normalized spacial score (nSPS) is 32.4. The fraction of sp³-hybridized carbons (Fsp3) is 0.947. The van der Waals surface area contributed by atoms with Crippen molar-refractivity contribution in [2.24, 2.45) is 5.92 Å². The van der Waals surface area contributed by atoms with E-state index in [0.29, 0.717) is 18.1 Å². The molecule has 134 valence electrons. The molecule has 0 radical (unpaired) electrons. The molecule has 4 heteroatoms. The first-order chi connectivity index (χ1) is 10.7. The molecule has 2 fully saturated rings. The van der Waals surface area contributed by atoms with Crippen LogP contribution in [0.5, 0.6) is 0 Å². The SMILES string of the molecule is CC1CCCC(NC2CCC(N(C)C(=O)OC(C)(C)C)CC2)C1. The van der Waals surface area contributed by atoms with Crippen LogP contribution in [0.15, 0.2) is 0 Å². The highest BCUT2D eigenvalue weighted by atomic mass is 16.6. The Morgan fingerprint density at radius 1 is 1.04 bits per heavy atom. The van der Waals surface area contributed by atoms with Crippen molar-refractivity contribution in [3.05, 3.63) is 0 Å². The highest BCUT2D eigenvalue weighted by Crippen LogP contribution is 2.28. The summed E-state index contributed by atoms with van der Waals surface area (Å²) in [6, 6.07) is 1.67. The van der Waals surface area contributed by atoms with Crippen LogP contribution in [0.3, 0.4) is 0 Å². The largest absolute Gasteiger partial charge is 0.444 e. The maximum atomic E-state index is 12.2. The molecule has 2 atom stereocenters. The van der Waals surface area contributed by atoms with Gasteiger partial charge in [0, 0.05) is 25.2 Å². The second-order valence-corrected chi connectivity index (χ2v) is 8.73. The monoisotopic (exact) mass is 324 g/mol. The van der Waals surface area contributed by atoms with Crippen molar-refractivity contribution in [3.8, 4) is 0 Å². The Balaban J connectivity index is 1.73. The van der Waals surface area contributed by atoms with Crippen LogP contribution < -0.4 is 5.32 Å². The van der Waals surface area contributed by atoms with Gasteiger partial charge in [0.15, 0.2) is 0 Å². The quantitative estimate of drug-likeness (QED) is 0.840. The first kappa shape index (κ1) is 18.6. The standard InChI is InChI=1S/C19H36N2O2/c1-14-7-6-8-16(13-14)20-15-9-11-17(12-10-15)21(5)18(22)23-19(2,3)4/h14-17,20H,6-13H2,1-5H3. The second-order valence-electron chi connectivity index (χ2n) is 8.73. The number of nitrogens with zero attached hydrogens (tertiary/aromatic N) is 1. The van der Waals surface area contributed by atoms with Gasteiger partial charge in [-0.25, -0.2) is 4.79 Å². The molecule has 0 aromatic carbocycles. The minimum absolute atomic E-state index is 0.185. The van der Waals surface area contributed by atoms with Gasteiger partial charge in [0.1, 0.15) is 5.60 Å². The molecule has 0 spiro atoms. The third kappa shape index (κ3) is 5.98. The van der Waals surface area contributed by atoms with Gasteiger partial charge in [-0.3, -0.25) is 0 Å². The van der Waals surface area contributed by atoms with Crippen molar-refractivity contribution in [3.63, 3.8) is 0 Å². The van der Waals surface area contributed by atoms with Crippen molar-refractivity contribution < 1.29 is 9.53 Å². The molecule has 0 bridgehead atoms. The van der Waals surface area contributed by atoms with Gasteiger partial charge in [0.25, 0.3) is 0 Å². The summed E-state index contributed by atoms with van der Waals surface area (Å²) in [5, 5.41) is 3.88. The van der Waals surface area contributed by atoms with Crippen molar-refractivity contribution in [2.75, 3.05) is 7.05 Å². The summed E-state index contributed by atoms with van der Waals surface area (Å²) in [5.41, 5.74) is -0.415. The number of rotatable bonds is 3. The maximum Gasteiger partial charge on any atom is 0.410 e. The van der Waals surface area contributed by atoms with Gasteiger partial charge in [-0.1, -0.05) is 19.8 Å². The average Bonchev–Trinajstić information content (AvgIpc) is 2.45. The van der Waals surface area contributed by atoms with Crippen LogP contribution in [-0.4, -0.2) is 41.8 Å². The molecule has 2 unspecified atom stereocenters. The number of carbonyl (C=O) groups is 1. The van der Waals surface area contributed by atoms with E-state index in [1.165, 1.54) is 38.5 Å². The molecule has 2 aliphatic carbocycles.